The van der Waals surface area contributed by atoms with E-state index in [4.69, 9.17) is 0 Å². The zero-order chi connectivity index (χ0) is 14.9. The SMILES string of the molecule is CCC1(C(=O)O)CCCN(C(=O)N2CC(C)CC2C)C1. The van der Waals surface area contributed by atoms with E-state index >= 15 is 0 Å². The second kappa shape index (κ2) is 5.62. The van der Waals surface area contributed by atoms with Crippen molar-refractivity contribution in [2.45, 2.75) is 52.5 Å². The summed E-state index contributed by atoms with van der Waals surface area (Å²) in [6.45, 7) is 7.98. The second-order valence-electron chi connectivity index (χ2n) is 6.59. The van der Waals surface area contributed by atoms with E-state index < -0.39 is 11.4 Å². The molecule has 0 radical (unpaired) electrons. The summed E-state index contributed by atoms with van der Waals surface area (Å²) in [7, 11) is 0. The van der Waals surface area contributed by atoms with Crippen molar-refractivity contribution in [3.63, 3.8) is 0 Å². The average molecular weight is 282 g/mol. The predicted molar refractivity (Wildman–Crippen MR) is 76.5 cm³/mol. The molecule has 5 heteroatoms. The lowest BCUT2D eigenvalue weighted by atomic mass is 9.78. The van der Waals surface area contributed by atoms with Gasteiger partial charge in [0.2, 0.25) is 0 Å². The van der Waals surface area contributed by atoms with Crippen LogP contribution in [0.25, 0.3) is 0 Å². The van der Waals surface area contributed by atoms with Crippen molar-refractivity contribution in [3.05, 3.63) is 0 Å². The lowest BCUT2D eigenvalue weighted by molar-refractivity contribution is -0.152. The molecule has 0 aliphatic carbocycles. The monoisotopic (exact) mass is 282 g/mol. The molecule has 1 N–H and O–H groups in total. The number of urea groups is 1. The lowest BCUT2D eigenvalue weighted by Gasteiger charge is -2.41. The fraction of sp³-hybridized carbons (Fsp3) is 0.867. The van der Waals surface area contributed by atoms with Crippen LogP contribution in [0, 0.1) is 11.3 Å². The Balaban J connectivity index is 2.09. The van der Waals surface area contributed by atoms with Gasteiger partial charge in [0.15, 0.2) is 0 Å². The highest BCUT2D eigenvalue weighted by atomic mass is 16.4. The molecule has 2 saturated heterocycles. The van der Waals surface area contributed by atoms with Gasteiger partial charge in [-0.15, -0.1) is 0 Å². The van der Waals surface area contributed by atoms with E-state index in [1.807, 2.05) is 11.8 Å². The van der Waals surface area contributed by atoms with E-state index in [9.17, 15) is 14.7 Å². The molecule has 2 aliphatic rings. The maximum Gasteiger partial charge on any atom is 0.320 e. The number of hydrogen-bond donors (Lipinski definition) is 1. The molecular weight excluding hydrogens is 256 g/mol. The van der Waals surface area contributed by atoms with Crippen LogP contribution in [0.3, 0.4) is 0 Å². The average Bonchev–Trinajstić information content (AvgIpc) is 2.76. The Hall–Kier alpha value is -1.26. The minimum atomic E-state index is -0.764. The van der Waals surface area contributed by atoms with Gasteiger partial charge in [0.25, 0.3) is 0 Å². The molecule has 2 amide bonds. The summed E-state index contributed by atoms with van der Waals surface area (Å²) in [5.41, 5.74) is -0.748. The standard InChI is InChI=1S/C15H26N2O3/c1-4-15(13(18)19)6-5-7-16(10-15)14(20)17-9-11(2)8-12(17)3/h11-12H,4-10H2,1-3H3,(H,18,19). The summed E-state index contributed by atoms with van der Waals surface area (Å²) in [6, 6.07) is 0.293. The summed E-state index contributed by atoms with van der Waals surface area (Å²) < 4.78 is 0. The molecule has 0 bridgehead atoms. The Morgan fingerprint density at radius 3 is 2.55 bits per heavy atom. The quantitative estimate of drug-likeness (QED) is 0.846. The number of carbonyl (C=O) groups excluding carboxylic acids is 1. The molecule has 0 spiro atoms. The van der Waals surface area contributed by atoms with Crippen LogP contribution >= 0.6 is 0 Å². The minimum absolute atomic E-state index is 0.0284. The van der Waals surface area contributed by atoms with Gasteiger partial charge in [-0.1, -0.05) is 13.8 Å². The first-order valence-electron chi connectivity index (χ1n) is 7.68. The minimum Gasteiger partial charge on any atom is -0.481 e. The Labute approximate surface area is 120 Å². The molecule has 0 aromatic heterocycles. The highest BCUT2D eigenvalue weighted by molar-refractivity contribution is 5.79. The lowest BCUT2D eigenvalue weighted by Crippen LogP contribution is -2.54. The van der Waals surface area contributed by atoms with E-state index in [2.05, 4.69) is 13.8 Å². The molecule has 3 atom stereocenters. The van der Waals surface area contributed by atoms with E-state index in [0.717, 1.165) is 19.4 Å². The van der Waals surface area contributed by atoms with E-state index in [1.54, 1.807) is 4.90 Å². The summed E-state index contributed by atoms with van der Waals surface area (Å²) in [5, 5.41) is 9.50. The van der Waals surface area contributed by atoms with Crippen LogP contribution in [0.4, 0.5) is 4.79 Å². The van der Waals surface area contributed by atoms with Crippen LogP contribution in [0.2, 0.25) is 0 Å². The van der Waals surface area contributed by atoms with E-state index in [-0.39, 0.29) is 12.1 Å². The summed E-state index contributed by atoms with van der Waals surface area (Å²) in [6.07, 6.45) is 3.08. The van der Waals surface area contributed by atoms with Gasteiger partial charge < -0.3 is 14.9 Å². The molecule has 0 saturated carbocycles. The highest BCUT2D eigenvalue weighted by Crippen LogP contribution is 2.35. The molecule has 20 heavy (non-hydrogen) atoms. The number of nitrogens with zero attached hydrogens (tertiary/aromatic N) is 2. The molecule has 5 nitrogen and oxygen atoms in total. The number of carboxylic acids is 1. The van der Waals surface area contributed by atoms with Crippen LogP contribution < -0.4 is 0 Å². The molecular formula is C15H26N2O3. The van der Waals surface area contributed by atoms with E-state index in [0.29, 0.717) is 31.8 Å². The van der Waals surface area contributed by atoms with Gasteiger partial charge in [0, 0.05) is 25.7 Å². The molecule has 2 rings (SSSR count). The van der Waals surface area contributed by atoms with E-state index in [1.165, 1.54) is 0 Å². The third kappa shape index (κ3) is 2.63. The number of rotatable bonds is 2. The van der Waals surface area contributed by atoms with Crippen molar-refractivity contribution in [3.8, 4) is 0 Å². The van der Waals surface area contributed by atoms with Gasteiger partial charge in [-0.05, 0) is 38.5 Å². The maximum absolute atomic E-state index is 12.6. The van der Waals surface area contributed by atoms with Crippen LogP contribution in [0.1, 0.15) is 46.5 Å². The predicted octanol–water partition coefficient (Wildman–Crippen LogP) is 2.41. The first-order valence-corrected chi connectivity index (χ1v) is 7.68. The van der Waals surface area contributed by atoms with Crippen LogP contribution in [-0.2, 0) is 4.79 Å². The first-order chi connectivity index (χ1) is 9.39. The van der Waals surface area contributed by atoms with Crippen molar-refractivity contribution in [2.24, 2.45) is 11.3 Å². The number of likely N-dealkylation sites (tertiary alicyclic amines) is 2. The summed E-state index contributed by atoms with van der Waals surface area (Å²) >= 11 is 0. The van der Waals surface area contributed by atoms with Crippen LogP contribution in [0.5, 0.6) is 0 Å². The van der Waals surface area contributed by atoms with Crippen LogP contribution in [0.15, 0.2) is 0 Å². The van der Waals surface area contributed by atoms with Crippen molar-refractivity contribution in [2.75, 3.05) is 19.6 Å². The Morgan fingerprint density at radius 1 is 1.35 bits per heavy atom. The first kappa shape index (κ1) is 15.1. The highest BCUT2D eigenvalue weighted by Gasteiger charge is 2.44. The Kier molecular flexibility index (Phi) is 4.25. The van der Waals surface area contributed by atoms with Gasteiger partial charge >= 0.3 is 12.0 Å². The third-order valence-corrected chi connectivity index (χ3v) is 5.01. The number of aliphatic carboxylic acids is 1. The molecule has 3 unspecified atom stereocenters. The number of carboxylic acid groups (broad SMARTS) is 1. The van der Waals surface area contributed by atoms with Gasteiger partial charge in [0.1, 0.15) is 0 Å². The molecule has 0 aromatic carbocycles. The topological polar surface area (TPSA) is 60.9 Å². The normalized spacial score (nSPS) is 34.4. The number of amides is 2. The number of carbonyl (C=O) groups is 2. The number of hydrogen-bond acceptors (Lipinski definition) is 2. The zero-order valence-corrected chi connectivity index (χ0v) is 12.8. The Morgan fingerprint density at radius 2 is 2.05 bits per heavy atom. The molecule has 0 aromatic rings. The summed E-state index contributed by atoms with van der Waals surface area (Å²) in [5.74, 6) is -0.227. The largest absolute Gasteiger partial charge is 0.481 e. The zero-order valence-electron chi connectivity index (χ0n) is 12.8. The van der Waals surface area contributed by atoms with Crippen LogP contribution in [-0.4, -0.2) is 52.6 Å². The molecule has 114 valence electrons. The van der Waals surface area contributed by atoms with Crippen molar-refractivity contribution < 1.29 is 14.7 Å². The van der Waals surface area contributed by atoms with Crippen molar-refractivity contribution in [1.82, 2.24) is 9.80 Å². The fourth-order valence-electron chi connectivity index (χ4n) is 3.66. The van der Waals surface area contributed by atoms with Gasteiger partial charge in [-0.3, -0.25) is 4.79 Å². The van der Waals surface area contributed by atoms with Gasteiger partial charge in [0.05, 0.1) is 5.41 Å². The number of piperidine rings is 1. The maximum atomic E-state index is 12.6. The smallest absolute Gasteiger partial charge is 0.320 e. The van der Waals surface area contributed by atoms with Gasteiger partial charge in [-0.25, -0.2) is 4.79 Å². The summed E-state index contributed by atoms with van der Waals surface area (Å²) in [4.78, 5) is 27.9. The molecule has 2 aliphatic heterocycles. The fourth-order valence-corrected chi connectivity index (χ4v) is 3.66. The van der Waals surface area contributed by atoms with Crippen molar-refractivity contribution >= 4 is 12.0 Å². The second-order valence-corrected chi connectivity index (χ2v) is 6.59. The molecule has 2 fully saturated rings. The molecule has 2 heterocycles. The van der Waals surface area contributed by atoms with Crippen molar-refractivity contribution in [1.29, 1.82) is 0 Å². The van der Waals surface area contributed by atoms with Gasteiger partial charge in [-0.2, -0.15) is 0 Å². The third-order valence-electron chi connectivity index (χ3n) is 5.01. The Bertz CT molecular complexity index is 399.